The molecule has 0 radical (unpaired) electrons. The van der Waals surface area contributed by atoms with Gasteiger partial charge >= 0.3 is 0 Å². The molecule has 3 heterocycles. The summed E-state index contributed by atoms with van der Waals surface area (Å²) in [5.41, 5.74) is 2.38. The molecule has 4 rings (SSSR count). The Morgan fingerprint density at radius 1 is 1.44 bits per heavy atom. The van der Waals surface area contributed by atoms with Crippen LogP contribution in [0.5, 0.6) is 0 Å². The summed E-state index contributed by atoms with van der Waals surface area (Å²) >= 11 is 7.35. The molecule has 0 spiro atoms. The Morgan fingerprint density at radius 3 is 2.91 bits per heavy atom. The summed E-state index contributed by atoms with van der Waals surface area (Å²) in [6.07, 6.45) is 4.17. The minimum atomic E-state index is -2.89. The van der Waals surface area contributed by atoms with Crippen molar-refractivity contribution in [3.05, 3.63) is 57.8 Å². The summed E-state index contributed by atoms with van der Waals surface area (Å²) in [4.78, 5) is 14.0. The second-order valence-corrected chi connectivity index (χ2v) is 11.0. The molecule has 1 aliphatic heterocycles. The van der Waals surface area contributed by atoms with E-state index in [1.165, 1.54) is 33.8 Å². The Kier molecular flexibility index (Phi) is 6.42. The molecule has 1 aromatic carbocycles. The highest BCUT2D eigenvalue weighted by Gasteiger charge is 2.38. The van der Waals surface area contributed by atoms with E-state index in [1.807, 2.05) is 35.4 Å². The van der Waals surface area contributed by atoms with Crippen LogP contribution in [-0.4, -0.2) is 43.2 Å². The maximum Gasteiger partial charge on any atom is 0.242 e. The van der Waals surface area contributed by atoms with Gasteiger partial charge in [0.1, 0.15) is 11.9 Å². The largest absolute Gasteiger partial charge is 0.325 e. The van der Waals surface area contributed by atoms with Crippen molar-refractivity contribution < 1.29 is 13.4 Å². The summed E-state index contributed by atoms with van der Waals surface area (Å²) in [5, 5.41) is 8.98. The van der Waals surface area contributed by atoms with E-state index in [0.717, 1.165) is 22.5 Å². The molecule has 1 amide bonds. The van der Waals surface area contributed by atoms with Crippen LogP contribution in [0.25, 0.3) is 11.1 Å². The molecular formula is C21H23ClFN5O2S2. The van der Waals surface area contributed by atoms with Gasteiger partial charge in [0.05, 0.1) is 27.2 Å². The number of nitrogens with zero attached hydrogens (tertiary/aromatic N) is 3. The number of aromatic nitrogens is 2. The number of anilines is 1. The normalized spacial score (nSPS) is 23.9. The van der Waals surface area contributed by atoms with Gasteiger partial charge in [0, 0.05) is 35.9 Å². The van der Waals surface area contributed by atoms with Crippen molar-refractivity contribution in [3.63, 3.8) is 0 Å². The second-order valence-electron chi connectivity index (χ2n) is 7.55. The van der Waals surface area contributed by atoms with Gasteiger partial charge in [0.15, 0.2) is 0 Å². The smallest absolute Gasteiger partial charge is 0.242 e. The molecule has 1 fully saturated rings. The van der Waals surface area contributed by atoms with Crippen LogP contribution < -0.4 is 10.0 Å². The first-order valence-corrected chi connectivity index (χ1v) is 12.9. The zero-order chi connectivity index (χ0) is 23.0. The number of halogens is 2. The molecule has 2 aromatic heterocycles. The topological polar surface area (TPSA) is 79.3 Å². The van der Waals surface area contributed by atoms with Crippen molar-refractivity contribution in [1.82, 2.24) is 18.8 Å². The number of carbonyl (C=O) groups excluding carboxylic acids is 1. The number of amides is 1. The molecule has 1 saturated heterocycles. The number of thiophene rings is 1. The van der Waals surface area contributed by atoms with Gasteiger partial charge in [-0.1, -0.05) is 11.6 Å². The lowest BCUT2D eigenvalue weighted by Gasteiger charge is -2.39. The van der Waals surface area contributed by atoms with Crippen LogP contribution in [-0.2, 0) is 21.2 Å². The third kappa shape index (κ3) is 4.60. The number of aryl methyl sites for hydroxylation is 1. The summed E-state index contributed by atoms with van der Waals surface area (Å²) in [6, 6.07) is 4.96. The zero-order valence-corrected chi connectivity index (χ0v) is 19.9. The first-order chi connectivity index (χ1) is 15.2. The number of rotatable bonds is 5. The third-order valence-corrected chi connectivity index (χ3v) is 8.61. The third-order valence-electron chi connectivity index (χ3n) is 5.43. The van der Waals surface area contributed by atoms with Crippen molar-refractivity contribution in [2.45, 2.75) is 32.0 Å². The fourth-order valence-electron chi connectivity index (χ4n) is 3.55. The van der Waals surface area contributed by atoms with Gasteiger partial charge < -0.3 is 5.32 Å². The van der Waals surface area contributed by atoms with Crippen LogP contribution >= 0.6 is 22.9 Å². The molecule has 11 heteroatoms. The van der Waals surface area contributed by atoms with Crippen molar-refractivity contribution in [1.29, 1.82) is 0 Å². The van der Waals surface area contributed by atoms with Crippen molar-refractivity contribution in [3.8, 4) is 11.1 Å². The van der Waals surface area contributed by atoms with Gasteiger partial charge in [0.2, 0.25) is 5.91 Å². The average Bonchev–Trinajstić information content (AvgIpc) is 3.42. The Bertz CT molecular complexity index is 1260. The molecule has 1 aliphatic rings. The van der Waals surface area contributed by atoms with Gasteiger partial charge in [-0.2, -0.15) is 5.10 Å². The van der Waals surface area contributed by atoms with Crippen molar-refractivity contribution in [2.24, 2.45) is 0 Å². The number of likely N-dealkylation sites (N-methyl/N-ethyl adjacent to an activating group) is 1. The van der Waals surface area contributed by atoms with E-state index in [-0.39, 0.29) is 17.0 Å². The molecule has 3 atom stereocenters. The maximum atomic E-state index is 13.4. The molecule has 0 bridgehead atoms. The number of benzene rings is 1. The first-order valence-electron chi connectivity index (χ1n) is 9.92. The van der Waals surface area contributed by atoms with Gasteiger partial charge in [-0.05, 0) is 54.4 Å². The minimum Gasteiger partial charge on any atom is -0.325 e. The Hall–Kier alpha value is -2.24. The first kappa shape index (κ1) is 22.9. The van der Waals surface area contributed by atoms with E-state index in [9.17, 15) is 13.4 Å². The van der Waals surface area contributed by atoms with Gasteiger partial charge in [-0.3, -0.25) is 9.48 Å². The van der Waals surface area contributed by atoms with Crippen LogP contribution in [0.15, 0.2) is 42.0 Å². The molecule has 7 nitrogen and oxygen atoms in total. The summed E-state index contributed by atoms with van der Waals surface area (Å²) in [7, 11) is -1.29. The van der Waals surface area contributed by atoms with Crippen molar-refractivity contribution in [2.75, 3.05) is 12.4 Å². The molecular weight excluding hydrogens is 473 g/mol. The van der Waals surface area contributed by atoms with E-state index in [0.29, 0.717) is 12.1 Å². The predicted octanol–water partition coefficient (Wildman–Crippen LogP) is 3.94. The minimum absolute atomic E-state index is 0.0854. The van der Waals surface area contributed by atoms with Gasteiger partial charge in [-0.15, -0.1) is 11.3 Å². The predicted molar refractivity (Wildman–Crippen MR) is 129 cm³/mol. The zero-order valence-electron chi connectivity index (χ0n) is 17.5. The van der Waals surface area contributed by atoms with E-state index < -0.39 is 21.8 Å². The number of carbonyl (C=O) groups is 1. The molecule has 0 saturated carbocycles. The van der Waals surface area contributed by atoms with E-state index in [1.54, 1.807) is 7.05 Å². The monoisotopic (exact) mass is 495 g/mol. The van der Waals surface area contributed by atoms with Crippen LogP contribution in [0.4, 0.5) is 10.1 Å². The molecule has 2 N–H and O–H groups in total. The summed E-state index contributed by atoms with van der Waals surface area (Å²) in [5.74, 6) is 2.89. The molecule has 32 heavy (non-hydrogen) atoms. The highest BCUT2D eigenvalue weighted by Crippen LogP contribution is 2.35. The molecule has 1 unspecified atom stereocenters. The maximum absolute atomic E-state index is 13.4. The van der Waals surface area contributed by atoms with E-state index in [4.69, 9.17) is 11.6 Å². The summed E-state index contributed by atoms with van der Waals surface area (Å²) < 4.78 is 33.0. The fraction of sp³-hybridized carbons (Fsp3) is 0.286. The lowest BCUT2D eigenvalue weighted by atomic mass is 10.0. The Labute approximate surface area is 195 Å². The van der Waals surface area contributed by atoms with Crippen LogP contribution in [0, 0.1) is 5.82 Å². The Morgan fingerprint density at radius 2 is 2.22 bits per heavy atom. The Balaban J connectivity index is 1.56. The molecule has 0 aliphatic carbocycles. The summed E-state index contributed by atoms with van der Waals surface area (Å²) in [6.45, 7) is 2.81. The highest BCUT2D eigenvalue weighted by atomic mass is 35.5. The van der Waals surface area contributed by atoms with Gasteiger partial charge in [-0.25, -0.2) is 17.6 Å². The standard InChI is InChI=1S/C21H23ClFN5O2S2/c1-4-28-11-14(10-24-28)13-7-20(31-12-13)18-9-19(27(2)32(3,30)26-18)21(29)25-15-5-6-17(23)16(22)8-15/h5-8,10-12,18-19H,3-4,9H2,1-2H3,(H,25,29)(H,26,30)/t18-,19+,32?/m1/s1. The van der Waals surface area contributed by atoms with Crippen LogP contribution in [0.2, 0.25) is 5.02 Å². The van der Waals surface area contributed by atoms with Crippen LogP contribution in [0.3, 0.4) is 0 Å². The average molecular weight is 496 g/mol. The van der Waals surface area contributed by atoms with E-state index in [2.05, 4.69) is 21.0 Å². The fourth-order valence-corrected chi connectivity index (χ4v) is 6.21. The molecule has 170 valence electrons. The number of nitrogens with one attached hydrogen (secondary N) is 2. The number of hydrogen-bond acceptors (Lipinski definition) is 4. The SMILES string of the molecule is C=S1(=O)N[C@@H](c2cc(-c3cnn(CC)c3)cs2)C[C@@H](C(=O)Nc2ccc(F)c(Cl)c2)N1C. The van der Waals surface area contributed by atoms with Crippen LogP contribution in [0.1, 0.15) is 24.3 Å². The lowest BCUT2D eigenvalue weighted by Crippen LogP contribution is -2.55. The second kappa shape index (κ2) is 8.95. The quantitative estimate of drug-likeness (QED) is 0.526. The van der Waals surface area contributed by atoms with Crippen molar-refractivity contribution >= 4 is 50.3 Å². The van der Waals surface area contributed by atoms with Gasteiger partial charge in [0.25, 0.3) is 0 Å². The van der Waals surface area contributed by atoms with E-state index >= 15 is 0 Å². The lowest BCUT2D eigenvalue weighted by molar-refractivity contribution is -0.120. The number of hydrogen-bond donors (Lipinski definition) is 2. The highest BCUT2D eigenvalue weighted by molar-refractivity contribution is 7.96. The molecule has 3 aromatic rings.